The summed E-state index contributed by atoms with van der Waals surface area (Å²) in [6.07, 6.45) is -0.596. The number of nitrogens with zero attached hydrogens (tertiary/aromatic N) is 1. The summed E-state index contributed by atoms with van der Waals surface area (Å²) in [5, 5.41) is 2.51. The summed E-state index contributed by atoms with van der Waals surface area (Å²) in [5.41, 5.74) is 5.77. The SMILES string of the molecule is CCOC(=O)Nc1ccc(C(=O)NNC(=O)CN2C(=O)COc3ccccc32)cc1. The predicted octanol–water partition coefficient (Wildman–Crippen LogP) is 1.44. The quantitative estimate of drug-likeness (QED) is 0.638. The number of para-hydroxylation sites is 2. The molecular weight excluding hydrogens is 392 g/mol. The molecule has 1 aliphatic rings. The van der Waals surface area contributed by atoms with Crippen molar-refractivity contribution in [1.82, 2.24) is 10.9 Å². The van der Waals surface area contributed by atoms with Gasteiger partial charge in [0, 0.05) is 11.3 Å². The average Bonchev–Trinajstić information content (AvgIpc) is 2.75. The normalized spacial score (nSPS) is 12.3. The molecule has 1 aliphatic heterocycles. The molecule has 2 aromatic carbocycles. The highest BCUT2D eigenvalue weighted by molar-refractivity contribution is 6.02. The van der Waals surface area contributed by atoms with Crippen LogP contribution < -0.4 is 25.8 Å². The Kier molecular flexibility index (Phi) is 6.48. The van der Waals surface area contributed by atoms with E-state index in [-0.39, 0.29) is 31.2 Å². The molecule has 0 aromatic heterocycles. The summed E-state index contributed by atoms with van der Waals surface area (Å²) >= 11 is 0. The van der Waals surface area contributed by atoms with Gasteiger partial charge in [-0.2, -0.15) is 0 Å². The maximum atomic E-state index is 12.2. The standard InChI is InChI=1S/C20H20N4O6/c1-2-29-20(28)21-14-9-7-13(8-10-14)19(27)23-22-17(25)11-24-15-5-3-4-6-16(15)30-12-18(24)26/h3-10H,2,11-12H2,1H3,(H,21,28)(H,22,25)(H,23,27). The van der Waals surface area contributed by atoms with Crippen molar-refractivity contribution >= 4 is 35.2 Å². The van der Waals surface area contributed by atoms with E-state index in [1.807, 2.05) is 0 Å². The van der Waals surface area contributed by atoms with Gasteiger partial charge < -0.3 is 9.47 Å². The lowest BCUT2D eigenvalue weighted by molar-refractivity contribution is -0.125. The van der Waals surface area contributed by atoms with E-state index in [0.29, 0.717) is 17.1 Å². The van der Waals surface area contributed by atoms with Crippen LogP contribution in [0, 0.1) is 0 Å². The molecule has 30 heavy (non-hydrogen) atoms. The highest BCUT2D eigenvalue weighted by Gasteiger charge is 2.27. The smallest absolute Gasteiger partial charge is 0.411 e. The Morgan fingerprint density at radius 1 is 1.07 bits per heavy atom. The van der Waals surface area contributed by atoms with Crippen LogP contribution in [0.25, 0.3) is 0 Å². The van der Waals surface area contributed by atoms with Crippen LogP contribution >= 0.6 is 0 Å². The molecule has 156 valence electrons. The first-order chi connectivity index (χ1) is 14.5. The lowest BCUT2D eigenvalue weighted by atomic mass is 10.2. The van der Waals surface area contributed by atoms with Crippen LogP contribution in [0.4, 0.5) is 16.2 Å². The lowest BCUT2D eigenvalue weighted by Crippen LogP contribution is -2.49. The molecule has 3 N–H and O–H groups in total. The first-order valence-electron chi connectivity index (χ1n) is 9.13. The highest BCUT2D eigenvalue weighted by atomic mass is 16.5. The van der Waals surface area contributed by atoms with Crippen molar-refractivity contribution in [1.29, 1.82) is 0 Å². The minimum atomic E-state index is -0.596. The van der Waals surface area contributed by atoms with Crippen molar-refractivity contribution in [2.75, 3.05) is 30.0 Å². The van der Waals surface area contributed by atoms with E-state index in [9.17, 15) is 19.2 Å². The Balaban J connectivity index is 1.53. The molecule has 10 heteroatoms. The van der Waals surface area contributed by atoms with Gasteiger partial charge in [0.1, 0.15) is 12.3 Å². The zero-order valence-electron chi connectivity index (χ0n) is 16.1. The second kappa shape index (κ2) is 9.41. The van der Waals surface area contributed by atoms with E-state index in [4.69, 9.17) is 9.47 Å². The third-order valence-corrected chi connectivity index (χ3v) is 4.09. The molecule has 0 unspecified atom stereocenters. The van der Waals surface area contributed by atoms with Crippen LogP contribution in [-0.2, 0) is 14.3 Å². The number of anilines is 2. The molecule has 3 rings (SSSR count). The van der Waals surface area contributed by atoms with E-state index in [2.05, 4.69) is 16.2 Å². The summed E-state index contributed by atoms with van der Waals surface area (Å²) in [5.74, 6) is -0.987. The van der Waals surface area contributed by atoms with Crippen molar-refractivity contribution in [3.05, 3.63) is 54.1 Å². The van der Waals surface area contributed by atoms with Gasteiger partial charge in [0.05, 0.1) is 12.3 Å². The molecule has 0 saturated heterocycles. The molecule has 0 bridgehead atoms. The van der Waals surface area contributed by atoms with Gasteiger partial charge in [0.25, 0.3) is 17.7 Å². The Hall–Kier alpha value is -4.08. The second-order valence-electron chi connectivity index (χ2n) is 6.16. The Bertz CT molecular complexity index is 960. The summed E-state index contributed by atoms with van der Waals surface area (Å²) in [7, 11) is 0. The number of hydrogen-bond acceptors (Lipinski definition) is 6. The molecule has 10 nitrogen and oxygen atoms in total. The minimum Gasteiger partial charge on any atom is -0.482 e. The zero-order chi connectivity index (χ0) is 21.5. The molecular formula is C20H20N4O6. The van der Waals surface area contributed by atoms with Gasteiger partial charge in [-0.05, 0) is 43.3 Å². The fourth-order valence-corrected chi connectivity index (χ4v) is 2.70. The van der Waals surface area contributed by atoms with Crippen LogP contribution in [0.15, 0.2) is 48.5 Å². The van der Waals surface area contributed by atoms with Crippen LogP contribution in [0.1, 0.15) is 17.3 Å². The minimum absolute atomic E-state index is 0.164. The summed E-state index contributed by atoms with van der Waals surface area (Å²) in [6.45, 7) is 1.49. The number of hydrazine groups is 1. The Labute approximate surface area is 172 Å². The van der Waals surface area contributed by atoms with E-state index >= 15 is 0 Å². The Morgan fingerprint density at radius 3 is 2.53 bits per heavy atom. The molecule has 0 fully saturated rings. The molecule has 0 atom stereocenters. The summed E-state index contributed by atoms with van der Waals surface area (Å²) in [6, 6.07) is 12.9. The van der Waals surface area contributed by atoms with Crippen molar-refractivity contribution < 1.29 is 28.7 Å². The number of ether oxygens (including phenoxy) is 2. The number of nitrogens with one attached hydrogen (secondary N) is 3. The molecule has 1 heterocycles. The van der Waals surface area contributed by atoms with Gasteiger partial charge >= 0.3 is 6.09 Å². The van der Waals surface area contributed by atoms with Gasteiger partial charge in [0.2, 0.25) is 0 Å². The van der Waals surface area contributed by atoms with Gasteiger partial charge in [-0.15, -0.1) is 0 Å². The van der Waals surface area contributed by atoms with Gasteiger partial charge in [-0.3, -0.25) is 35.5 Å². The topological polar surface area (TPSA) is 126 Å². The lowest BCUT2D eigenvalue weighted by Gasteiger charge is -2.28. The zero-order valence-corrected chi connectivity index (χ0v) is 16.1. The van der Waals surface area contributed by atoms with E-state index in [0.717, 1.165) is 0 Å². The maximum Gasteiger partial charge on any atom is 0.411 e. The molecule has 0 saturated carbocycles. The number of amides is 4. The fourth-order valence-electron chi connectivity index (χ4n) is 2.70. The number of rotatable bonds is 5. The van der Waals surface area contributed by atoms with Crippen LogP contribution in [0.5, 0.6) is 5.75 Å². The number of fused-ring (bicyclic) bond motifs is 1. The highest BCUT2D eigenvalue weighted by Crippen LogP contribution is 2.31. The van der Waals surface area contributed by atoms with Crippen molar-refractivity contribution in [3.63, 3.8) is 0 Å². The molecule has 0 spiro atoms. The first-order valence-corrected chi connectivity index (χ1v) is 9.13. The molecule has 0 radical (unpaired) electrons. The van der Waals surface area contributed by atoms with E-state index in [1.165, 1.54) is 29.2 Å². The van der Waals surface area contributed by atoms with Gasteiger partial charge in [0.15, 0.2) is 6.61 Å². The van der Waals surface area contributed by atoms with Crippen molar-refractivity contribution in [2.24, 2.45) is 0 Å². The van der Waals surface area contributed by atoms with E-state index < -0.39 is 17.9 Å². The molecule has 0 aliphatic carbocycles. The largest absolute Gasteiger partial charge is 0.482 e. The molecule has 4 amide bonds. The van der Waals surface area contributed by atoms with Crippen LogP contribution in [-0.4, -0.2) is 43.6 Å². The van der Waals surface area contributed by atoms with Crippen LogP contribution in [0.2, 0.25) is 0 Å². The fraction of sp³-hybridized carbons (Fsp3) is 0.200. The summed E-state index contributed by atoms with van der Waals surface area (Å²) < 4.78 is 10.1. The molecule has 2 aromatic rings. The predicted molar refractivity (Wildman–Crippen MR) is 107 cm³/mol. The van der Waals surface area contributed by atoms with E-state index in [1.54, 1.807) is 31.2 Å². The van der Waals surface area contributed by atoms with Crippen LogP contribution in [0.3, 0.4) is 0 Å². The van der Waals surface area contributed by atoms with Crippen molar-refractivity contribution in [3.8, 4) is 5.75 Å². The monoisotopic (exact) mass is 412 g/mol. The number of benzene rings is 2. The number of carbonyl (C=O) groups excluding carboxylic acids is 4. The third kappa shape index (κ3) is 5.04. The van der Waals surface area contributed by atoms with Gasteiger partial charge in [-0.25, -0.2) is 4.79 Å². The Morgan fingerprint density at radius 2 is 1.80 bits per heavy atom. The average molecular weight is 412 g/mol. The van der Waals surface area contributed by atoms with Gasteiger partial charge in [-0.1, -0.05) is 12.1 Å². The maximum absolute atomic E-state index is 12.2. The second-order valence-corrected chi connectivity index (χ2v) is 6.16. The van der Waals surface area contributed by atoms with Crippen molar-refractivity contribution in [2.45, 2.75) is 6.92 Å². The summed E-state index contributed by atoms with van der Waals surface area (Å²) in [4.78, 5) is 49.2. The third-order valence-electron chi connectivity index (χ3n) is 4.09. The first kappa shape index (κ1) is 20.6. The number of carbonyl (C=O) groups is 4. The number of hydrogen-bond donors (Lipinski definition) is 3.